The van der Waals surface area contributed by atoms with Gasteiger partial charge in [0, 0.05) is 0 Å². The third kappa shape index (κ3) is 3.94. The molecule has 1 rings (SSSR count). The van der Waals surface area contributed by atoms with E-state index in [-0.39, 0.29) is 0 Å². The largest absolute Gasteiger partial charge is 0.0850 e. The van der Waals surface area contributed by atoms with Gasteiger partial charge in [0.05, 0.1) is 0 Å². The standard InChI is InChI=1S/C12H21/c1-2-3-4-6-9-12-10-7-5-8-11-12/h9-10H,2-8,11H2,1H3. The van der Waals surface area contributed by atoms with Crippen molar-refractivity contribution in [3.8, 4) is 0 Å². The van der Waals surface area contributed by atoms with Gasteiger partial charge < -0.3 is 0 Å². The van der Waals surface area contributed by atoms with Crippen LogP contribution in [0.3, 0.4) is 0 Å². The Balaban J connectivity index is 2.01. The molecule has 0 saturated heterocycles. The van der Waals surface area contributed by atoms with Crippen LogP contribution in [-0.4, -0.2) is 0 Å². The van der Waals surface area contributed by atoms with Crippen LogP contribution < -0.4 is 0 Å². The number of allylic oxidation sites excluding steroid dienone is 2. The van der Waals surface area contributed by atoms with Crippen molar-refractivity contribution in [3.05, 3.63) is 18.1 Å². The molecule has 0 heteroatoms. The first kappa shape index (κ1) is 9.83. The zero-order valence-electron chi connectivity index (χ0n) is 8.31. The number of rotatable bonds is 5. The van der Waals surface area contributed by atoms with Gasteiger partial charge in [0.2, 0.25) is 0 Å². The summed E-state index contributed by atoms with van der Waals surface area (Å²) < 4.78 is 0. The number of hydrogen-bond acceptors (Lipinski definition) is 0. The van der Waals surface area contributed by atoms with Crippen molar-refractivity contribution in [1.29, 1.82) is 0 Å². The predicted molar refractivity (Wildman–Crippen MR) is 55.0 cm³/mol. The van der Waals surface area contributed by atoms with Gasteiger partial charge >= 0.3 is 0 Å². The van der Waals surface area contributed by atoms with Gasteiger partial charge in [-0.2, -0.15) is 0 Å². The average molecular weight is 165 g/mol. The van der Waals surface area contributed by atoms with Gasteiger partial charge in [0.1, 0.15) is 0 Å². The minimum Gasteiger partial charge on any atom is -0.0850 e. The summed E-state index contributed by atoms with van der Waals surface area (Å²) >= 11 is 0. The van der Waals surface area contributed by atoms with Gasteiger partial charge in [-0.3, -0.25) is 0 Å². The molecule has 0 N–H and O–H groups in total. The Bertz CT molecular complexity index is 133. The topological polar surface area (TPSA) is 0 Å². The number of hydrogen-bond donors (Lipinski definition) is 0. The maximum absolute atomic E-state index is 2.45. The maximum atomic E-state index is 2.45. The molecule has 1 aliphatic carbocycles. The first-order chi connectivity index (χ1) is 5.93. The molecule has 0 aliphatic heterocycles. The van der Waals surface area contributed by atoms with Crippen LogP contribution >= 0.6 is 0 Å². The molecule has 0 fully saturated rings. The van der Waals surface area contributed by atoms with Crippen molar-refractivity contribution in [1.82, 2.24) is 0 Å². The summed E-state index contributed by atoms with van der Waals surface area (Å²) in [4.78, 5) is 0. The molecule has 69 valence electrons. The molecule has 0 heterocycles. The normalized spacial score (nSPS) is 17.6. The Morgan fingerprint density at radius 3 is 2.92 bits per heavy atom. The van der Waals surface area contributed by atoms with E-state index < -0.39 is 0 Å². The predicted octanol–water partition coefficient (Wildman–Crippen LogP) is 4.27. The van der Waals surface area contributed by atoms with Gasteiger partial charge in [0.25, 0.3) is 0 Å². The molecule has 0 spiro atoms. The lowest BCUT2D eigenvalue weighted by Crippen LogP contribution is -1.92. The Morgan fingerprint density at radius 1 is 1.33 bits per heavy atom. The van der Waals surface area contributed by atoms with Crippen LogP contribution in [-0.2, 0) is 0 Å². The summed E-state index contributed by atoms with van der Waals surface area (Å²) in [6.45, 7) is 2.26. The van der Waals surface area contributed by atoms with Crippen LogP contribution in [0.15, 0.2) is 11.6 Å². The van der Waals surface area contributed by atoms with E-state index in [0.717, 1.165) is 0 Å². The van der Waals surface area contributed by atoms with Crippen molar-refractivity contribution in [2.24, 2.45) is 0 Å². The Morgan fingerprint density at radius 2 is 2.25 bits per heavy atom. The molecule has 0 aromatic rings. The van der Waals surface area contributed by atoms with E-state index in [9.17, 15) is 0 Å². The van der Waals surface area contributed by atoms with Crippen LogP contribution in [0.2, 0.25) is 0 Å². The molecule has 1 radical (unpaired) electrons. The molecule has 12 heavy (non-hydrogen) atoms. The molecule has 0 bridgehead atoms. The fraction of sp³-hybridized carbons (Fsp3) is 0.750. The summed E-state index contributed by atoms with van der Waals surface area (Å²) in [5.74, 6) is 0. The quantitative estimate of drug-likeness (QED) is 0.534. The Hall–Kier alpha value is -0.260. The van der Waals surface area contributed by atoms with E-state index in [2.05, 4.69) is 19.4 Å². The van der Waals surface area contributed by atoms with Crippen LogP contribution in [0.4, 0.5) is 0 Å². The van der Waals surface area contributed by atoms with E-state index in [1.54, 1.807) is 5.57 Å². The fourth-order valence-electron chi connectivity index (χ4n) is 1.73. The molecular weight excluding hydrogens is 144 g/mol. The molecule has 0 amide bonds. The van der Waals surface area contributed by atoms with E-state index in [1.165, 1.54) is 51.4 Å². The van der Waals surface area contributed by atoms with Gasteiger partial charge in [0.15, 0.2) is 0 Å². The molecule has 0 aromatic carbocycles. The van der Waals surface area contributed by atoms with Crippen LogP contribution in [0, 0.1) is 6.42 Å². The van der Waals surface area contributed by atoms with E-state index in [1.807, 2.05) is 0 Å². The van der Waals surface area contributed by atoms with Crippen LogP contribution in [0.5, 0.6) is 0 Å². The summed E-state index contributed by atoms with van der Waals surface area (Å²) in [5, 5.41) is 0. The van der Waals surface area contributed by atoms with Crippen molar-refractivity contribution < 1.29 is 0 Å². The van der Waals surface area contributed by atoms with Crippen LogP contribution in [0.25, 0.3) is 0 Å². The van der Waals surface area contributed by atoms with Gasteiger partial charge in [-0.05, 0) is 38.5 Å². The highest BCUT2D eigenvalue weighted by Crippen LogP contribution is 2.21. The van der Waals surface area contributed by atoms with Crippen molar-refractivity contribution in [2.75, 3.05) is 0 Å². The number of unbranched alkanes of at least 4 members (excludes halogenated alkanes) is 3. The average Bonchev–Trinajstić information content (AvgIpc) is 2.14. The molecule has 0 aromatic heterocycles. The summed E-state index contributed by atoms with van der Waals surface area (Å²) in [7, 11) is 0. The third-order valence-corrected chi connectivity index (χ3v) is 2.54. The second-order valence-corrected chi connectivity index (χ2v) is 3.72. The monoisotopic (exact) mass is 165 g/mol. The summed E-state index contributed by atoms with van der Waals surface area (Å²) in [6, 6.07) is 0. The molecular formula is C12H21. The zero-order valence-corrected chi connectivity index (χ0v) is 8.31. The van der Waals surface area contributed by atoms with E-state index in [0.29, 0.717) is 0 Å². The van der Waals surface area contributed by atoms with E-state index >= 15 is 0 Å². The van der Waals surface area contributed by atoms with Gasteiger partial charge in [-0.15, -0.1) is 0 Å². The molecule has 0 atom stereocenters. The van der Waals surface area contributed by atoms with Crippen molar-refractivity contribution in [2.45, 2.75) is 58.3 Å². The fourth-order valence-corrected chi connectivity index (χ4v) is 1.73. The molecule has 1 aliphatic rings. The molecule has 0 unspecified atom stereocenters. The minimum atomic E-state index is 1.31. The smallest absolute Gasteiger partial charge is 0.0138 e. The SMILES string of the molecule is CCCCC[CH]C1=CCCCC1. The first-order valence-electron chi connectivity index (χ1n) is 5.45. The second kappa shape index (κ2) is 6.28. The third-order valence-electron chi connectivity index (χ3n) is 2.54. The van der Waals surface area contributed by atoms with Gasteiger partial charge in [-0.1, -0.05) is 37.8 Å². The maximum Gasteiger partial charge on any atom is -0.0138 e. The summed E-state index contributed by atoms with van der Waals surface area (Å²) in [5.41, 5.74) is 1.62. The second-order valence-electron chi connectivity index (χ2n) is 3.72. The van der Waals surface area contributed by atoms with Crippen LogP contribution in [0.1, 0.15) is 58.3 Å². The molecule has 0 nitrogen and oxygen atoms in total. The lowest BCUT2D eigenvalue weighted by Gasteiger charge is -2.11. The lowest BCUT2D eigenvalue weighted by molar-refractivity contribution is 0.674. The summed E-state index contributed by atoms with van der Waals surface area (Å²) in [6.07, 6.45) is 15.8. The zero-order chi connectivity index (χ0) is 8.65. The Kier molecular flexibility index (Phi) is 5.14. The van der Waals surface area contributed by atoms with Crippen molar-refractivity contribution in [3.63, 3.8) is 0 Å². The highest BCUT2D eigenvalue weighted by atomic mass is 14.1. The van der Waals surface area contributed by atoms with Gasteiger partial charge in [-0.25, -0.2) is 0 Å². The van der Waals surface area contributed by atoms with E-state index in [4.69, 9.17) is 0 Å². The molecule has 0 saturated carbocycles. The highest BCUT2D eigenvalue weighted by Gasteiger charge is 2.02. The highest BCUT2D eigenvalue weighted by molar-refractivity contribution is 5.14. The lowest BCUT2D eigenvalue weighted by atomic mass is 9.95. The first-order valence-corrected chi connectivity index (χ1v) is 5.45. The van der Waals surface area contributed by atoms with Crippen molar-refractivity contribution >= 4 is 0 Å². The minimum absolute atomic E-state index is 1.31. The Labute approximate surface area is 77.1 Å².